The Balaban J connectivity index is 2.12. The Hall–Kier alpha value is -2.92. The molecule has 2 aromatic rings. The SMILES string of the molecule is CNc1nc(C#N)cc(Oc2ccc(NC(=S)N(C)C)cc2)n1. The molecule has 0 spiro atoms. The molecule has 0 aliphatic heterocycles. The number of nitrogens with one attached hydrogen (secondary N) is 2. The van der Waals surface area contributed by atoms with Crippen molar-refractivity contribution in [2.24, 2.45) is 0 Å². The third kappa shape index (κ3) is 4.52. The molecule has 0 aliphatic carbocycles. The highest BCUT2D eigenvalue weighted by Gasteiger charge is 2.06. The second kappa shape index (κ2) is 7.38. The zero-order valence-electron chi connectivity index (χ0n) is 13.0. The molecule has 23 heavy (non-hydrogen) atoms. The molecule has 0 aliphatic rings. The van der Waals surface area contributed by atoms with E-state index in [0.29, 0.717) is 22.7 Å². The summed E-state index contributed by atoms with van der Waals surface area (Å²) in [7, 11) is 5.41. The van der Waals surface area contributed by atoms with Crippen LogP contribution in [0.4, 0.5) is 11.6 Å². The van der Waals surface area contributed by atoms with Crippen molar-refractivity contribution in [3.63, 3.8) is 0 Å². The van der Waals surface area contributed by atoms with Crippen LogP contribution in [0.15, 0.2) is 30.3 Å². The highest BCUT2D eigenvalue weighted by Crippen LogP contribution is 2.23. The Labute approximate surface area is 139 Å². The highest BCUT2D eigenvalue weighted by molar-refractivity contribution is 7.80. The van der Waals surface area contributed by atoms with Crippen LogP contribution in [0.2, 0.25) is 0 Å². The first-order valence-corrected chi connectivity index (χ1v) is 7.16. The molecule has 118 valence electrons. The zero-order valence-corrected chi connectivity index (χ0v) is 13.8. The summed E-state index contributed by atoms with van der Waals surface area (Å²) in [6.45, 7) is 0. The molecule has 0 saturated carbocycles. The first-order valence-electron chi connectivity index (χ1n) is 6.75. The van der Waals surface area contributed by atoms with Crippen molar-refractivity contribution in [3.8, 4) is 17.7 Å². The van der Waals surface area contributed by atoms with Gasteiger partial charge in [-0.1, -0.05) is 0 Å². The number of nitriles is 1. The van der Waals surface area contributed by atoms with Gasteiger partial charge < -0.3 is 20.3 Å². The minimum Gasteiger partial charge on any atom is -0.439 e. The van der Waals surface area contributed by atoms with Crippen LogP contribution in [0.1, 0.15) is 5.69 Å². The van der Waals surface area contributed by atoms with Crippen LogP contribution in [0.3, 0.4) is 0 Å². The molecule has 2 rings (SSSR count). The van der Waals surface area contributed by atoms with E-state index < -0.39 is 0 Å². The molecule has 0 amide bonds. The van der Waals surface area contributed by atoms with Crippen LogP contribution in [0.25, 0.3) is 0 Å². The third-order valence-corrected chi connectivity index (χ3v) is 3.24. The third-order valence-electron chi connectivity index (χ3n) is 2.77. The fourth-order valence-corrected chi connectivity index (χ4v) is 1.73. The van der Waals surface area contributed by atoms with E-state index in [1.54, 1.807) is 19.2 Å². The molecule has 1 aromatic heterocycles. The van der Waals surface area contributed by atoms with Crippen LogP contribution < -0.4 is 15.4 Å². The van der Waals surface area contributed by atoms with Gasteiger partial charge >= 0.3 is 0 Å². The Bertz CT molecular complexity index is 739. The molecule has 0 radical (unpaired) electrons. The molecule has 0 saturated heterocycles. The van der Waals surface area contributed by atoms with E-state index in [1.165, 1.54) is 6.07 Å². The van der Waals surface area contributed by atoms with Gasteiger partial charge in [-0.25, -0.2) is 4.98 Å². The number of anilines is 2. The van der Waals surface area contributed by atoms with Crippen LogP contribution in [0.5, 0.6) is 11.6 Å². The number of rotatable bonds is 4. The zero-order chi connectivity index (χ0) is 16.8. The second-order valence-corrected chi connectivity index (χ2v) is 5.11. The van der Waals surface area contributed by atoms with Crippen molar-refractivity contribution in [1.29, 1.82) is 5.26 Å². The lowest BCUT2D eigenvalue weighted by Crippen LogP contribution is -2.26. The summed E-state index contributed by atoms with van der Waals surface area (Å²) in [5, 5.41) is 15.5. The minimum absolute atomic E-state index is 0.231. The predicted octanol–water partition coefficient (Wildman–Crippen LogP) is 2.44. The van der Waals surface area contributed by atoms with Gasteiger partial charge in [-0.15, -0.1) is 0 Å². The molecule has 7 nitrogen and oxygen atoms in total. The van der Waals surface area contributed by atoms with Crippen molar-refractivity contribution < 1.29 is 4.74 Å². The molecule has 1 heterocycles. The molecular weight excluding hydrogens is 312 g/mol. The van der Waals surface area contributed by atoms with Crippen LogP contribution in [0, 0.1) is 11.3 Å². The number of benzene rings is 1. The number of nitrogens with zero attached hydrogens (tertiary/aromatic N) is 4. The van der Waals surface area contributed by atoms with E-state index in [2.05, 4.69) is 20.6 Å². The molecule has 0 fully saturated rings. The van der Waals surface area contributed by atoms with Crippen molar-refractivity contribution >= 4 is 29.0 Å². The fourth-order valence-electron chi connectivity index (χ4n) is 1.61. The maximum atomic E-state index is 8.97. The molecule has 0 atom stereocenters. The van der Waals surface area contributed by atoms with Crippen molar-refractivity contribution in [2.75, 3.05) is 31.8 Å². The monoisotopic (exact) mass is 328 g/mol. The minimum atomic E-state index is 0.231. The van der Waals surface area contributed by atoms with Crippen molar-refractivity contribution in [2.45, 2.75) is 0 Å². The topological polar surface area (TPSA) is 86.1 Å². The lowest BCUT2D eigenvalue weighted by Gasteiger charge is -2.15. The van der Waals surface area contributed by atoms with E-state index in [0.717, 1.165) is 5.69 Å². The van der Waals surface area contributed by atoms with Gasteiger partial charge in [-0.05, 0) is 36.5 Å². The summed E-state index contributed by atoms with van der Waals surface area (Å²) < 4.78 is 5.66. The smallest absolute Gasteiger partial charge is 0.227 e. The maximum Gasteiger partial charge on any atom is 0.227 e. The standard InChI is InChI=1S/C15H16N6OS/c1-17-14-18-11(9-16)8-13(20-14)22-12-6-4-10(5-7-12)19-15(23)21(2)3/h4-8H,1-3H3,(H,19,23)(H,17,18,20). The van der Waals surface area contributed by atoms with Gasteiger partial charge in [0.2, 0.25) is 11.8 Å². The van der Waals surface area contributed by atoms with E-state index in [9.17, 15) is 0 Å². The van der Waals surface area contributed by atoms with Gasteiger partial charge in [-0.2, -0.15) is 10.2 Å². The van der Waals surface area contributed by atoms with Gasteiger partial charge in [0.15, 0.2) is 5.11 Å². The molecule has 0 unspecified atom stereocenters. The number of thiocarbonyl (C=S) groups is 1. The molecule has 2 N–H and O–H groups in total. The second-order valence-electron chi connectivity index (χ2n) is 4.73. The Kier molecular flexibility index (Phi) is 5.28. The normalized spacial score (nSPS) is 9.65. The summed E-state index contributed by atoms with van der Waals surface area (Å²) in [6, 6.07) is 10.7. The van der Waals surface area contributed by atoms with Gasteiger partial charge in [0, 0.05) is 32.9 Å². The Morgan fingerprint density at radius 1 is 1.26 bits per heavy atom. The lowest BCUT2D eigenvalue weighted by atomic mass is 10.3. The Morgan fingerprint density at radius 3 is 2.52 bits per heavy atom. The number of ether oxygens (including phenoxy) is 1. The quantitative estimate of drug-likeness (QED) is 0.828. The maximum absolute atomic E-state index is 8.97. The summed E-state index contributed by atoms with van der Waals surface area (Å²) in [4.78, 5) is 9.94. The van der Waals surface area contributed by atoms with Gasteiger partial charge in [0.05, 0.1) is 0 Å². The number of hydrogen-bond acceptors (Lipinski definition) is 6. The van der Waals surface area contributed by atoms with E-state index in [4.69, 9.17) is 22.2 Å². The first-order chi connectivity index (χ1) is 11.0. The number of aromatic nitrogens is 2. The predicted molar refractivity (Wildman–Crippen MR) is 92.7 cm³/mol. The summed E-state index contributed by atoms with van der Waals surface area (Å²) in [5.41, 5.74) is 1.08. The summed E-state index contributed by atoms with van der Waals surface area (Å²) in [6.07, 6.45) is 0. The Morgan fingerprint density at radius 2 is 1.96 bits per heavy atom. The average Bonchev–Trinajstić information content (AvgIpc) is 2.56. The van der Waals surface area contributed by atoms with E-state index >= 15 is 0 Å². The van der Waals surface area contributed by atoms with Gasteiger partial charge in [-0.3, -0.25) is 0 Å². The molecule has 0 bridgehead atoms. The fraction of sp³-hybridized carbons (Fsp3) is 0.200. The van der Waals surface area contributed by atoms with Crippen LogP contribution in [-0.2, 0) is 0 Å². The molecular formula is C15H16N6OS. The number of hydrogen-bond donors (Lipinski definition) is 2. The average molecular weight is 328 g/mol. The largest absolute Gasteiger partial charge is 0.439 e. The first kappa shape index (κ1) is 16.5. The van der Waals surface area contributed by atoms with Crippen LogP contribution >= 0.6 is 12.2 Å². The molecule has 8 heteroatoms. The van der Waals surface area contributed by atoms with Crippen LogP contribution in [-0.4, -0.2) is 41.1 Å². The van der Waals surface area contributed by atoms with Gasteiger partial charge in [0.25, 0.3) is 0 Å². The summed E-state index contributed by atoms with van der Waals surface area (Å²) in [5.74, 6) is 1.22. The van der Waals surface area contributed by atoms with Crippen molar-refractivity contribution in [1.82, 2.24) is 14.9 Å². The molecule has 1 aromatic carbocycles. The summed E-state index contributed by atoms with van der Waals surface area (Å²) >= 11 is 5.18. The van der Waals surface area contributed by atoms with E-state index in [-0.39, 0.29) is 5.69 Å². The van der Waals surface area contributed by atoms with Gasteiger partial charge in [0.1, 0.15) is 17.5 Å². The lowest BCUT2D eigenvalue weighted by molar-refractivity contribution is 0.462. The van der Waals surface area contributed by atoms with E-state index in [1.807, 2.05) is 37.2 Å². The van der Waals surface area contributed by atoms with Crippen molar-refractivity contribution in [3.05, 3.63) is 36.0 Å². The highest BCUT2D eigenvalue weighted by atomic mass is 32.1.